The predicted molar refractivity (Wildman–Crippen MR) is 71.7 cm³/mol. The number of benzene rings is 2. The van der Waals surface area contributed by atoms with Crippen molar-refractivity contribution in [3.8, 4) is 5.75 Å². The zero-order chi connectivity index (χ0) is 14.3. The number of alkyl halides is 3. The third-order valence-electron chi connectivity index (χ3n) is 2.17. The number of rotatable bonds is 1. The molecule has 0 aliphatic rings. The number of methoxy groups -OCH3 is 1. The lowest BCUT2D eigenvalue weighted by atomic mass is 10.2. The first-order chi connectivity index (χ1) is 8.93. The lowest BCUT2D eigenvalue weighted by Crippen LogP contribution is -2.03. The third-order valence-corrected chi connectivity index (χ3v) is 2.47. The molecule has 0 heterocycles. The van der Waals surface area contributed by atoms with Crippen molar-refractivity contribution in [1.82, 2.24) is 0 Å². The Hall–Kier alpha value is -1.62. The lowest BCUT2D eigenvalue weighted by molar-refractivity contribution is -0.137. The molecule has 0 aliphatic heterocycles. The smallest absolute Gasteiger partial charge is 0.416 e. The first-order valence-electron chi connectivity index (χ1n) is 5.38. The van der Waals surface area contributed by atoms with E-state index in [-0.39, 0.29) is 0 Å². The molecular weight excluding hydrogens is 273 g/mol. The molecule has 0 bridgehead atoms. The molecule has 0 aliphatic carbocycles. The van der Waals surface area contributed by atoms with Crippen LogP contribution in [0.3, 0.4) is 0 Å². The predicted octanol–water partition coefficient (Wildman–Crippen LogP) is 4.69. The monoisotopic (exact) mass is 286 g/mol. The van der Waals surface area contributed by atoms with Crippen LogP contribution in [0.1, 0.15) is 5.56 Å². The van der Waals surface area contributed by atoms with Gasteiger partial charge in [0.1, 0.15) is 5.75 Å². The molecule has 1 nitrogen and oxygen atoms in total. The van der Waals surface area contributed by atoms with Gasteiger partial charge in [0.05, 0.1) is 12.7 Å². The summed E-state index contributed by atoms with van der Waals surface area (Å²) in [6.07, 6.45) is -4.21. The van der Waals surface area contributed by atoms with Crippen LogP contribution in [0.4, 0.5) is 13.2 Å². The van der Waals surface area contributed by atoms with E-state index < -0.39 is 11.7 Å². The third kappa shape index (κ3) is 5.70. The summed E-state index contributed by atoms with van der Waals surface area (Å²) >= 11 is 4.11. The second-order valence-electron chi connectivity index (χ2n) is 3.56. The van der Waals surface area contributed by atoms with Gasteiger partial charge in [-0.25, -0.2) is 0 Å². The van der Waals surface area contributed by atoms with Crippen LogP contribution in [0.2, 0.25) is 0 Å². The molecule has 102 valence electrons. The second-order valence-corrected chi connectivity index (χ2v) is 4.08. The van der Waals surface area contributed by atoms with E-state index in [0.717, 1.165) is 22.8 Å². The highest BCUT2D eigenvalue weighted by atomic mass is 32.1. The molecule has 5 heteroatoms. The van der Waals surface area contributed by atoms with Crippen LogP contribution in [-0.4, -0.2) is 7.11 Å². The minimum Gasteiger partial charge on any atom is -0.497 e. The Morgan fingerprint density at radius 3 is 1.79 bits per heavy atom. The van der Waals surface area contributed by atoms with Crippen molar-refractivity contribution in [3.63, 3.8) is 0 Å². The van der Waals surface area contributed by atoms with E-state index >= 15 is 0 Å². The van der Waals surface area contributed by atoms with E-state index in [9.17, 15) is 13.2 Å². The molecule has 2 rings (SSSR count). The quantitative estimate of drug-likeness (QED) is 0.748. The summed E-state index contributed by atoms with van der Waals surface area (Å²) in [5.74, 6) is 0.868. The maximum absolute atomic E-state index is 11.8. The van der Waals surface area contributed by atoms with E-state index in [1.807, 2.05) is 24.3 Å². The van der Waals surface area contributed by atoms with Gasteiger partial charge in [0.15, 0.2) is 0 Å². The summed E-state index contributed by atoms with van der Waals surface area (Å²) in [5.41, 5.74) is -0.602. The molecule has 2 aromatic carbocycles. The second kappa shape index (κ2) is 7.09. The lowest BCUT2D eigenvalue weighted by Gasteiger charge is -2.03. The van der Waals surface area contributed by atoms with Crippen LogP contribution in [0.15, 0.2) is 59.5 Å². The SMILES string of the molecule is COc1ccc(S)cc1.FC(F)(F)c1ccccc1. The molecular formula is C14H13F3OS. The molecule has 0 N–H and O–H groups in total. The van der Waals surface area contributed by atoms with Crippen LogP contribution in [-0.2, 0) is 6.18 Å². The molecule has 2 aromatic rings. The average Bonchev–Trinajstić information content (AvgIpc) is 2.40. The van der Waals surface area contributed by atoms with Gasteiger partial charge in [0.2, 0.25) is 0 Å². The van der Waals surface area contributed by atoms with Gasteiger partial charge < -0.3 is 4.74 Å². The van der Waals surface area contributed by atoms with Crippen molar-refractivity contribution in [2.24, 2.45) is 0 Å². The summed E-state index contributed by atoms with van der Waals surface area (Å²) in [6.45, 7) is 0. The zero-order valence-corrected chi connectivity index (χ0v) is 11.1. The van der Waals surface area contributed by atoms with E-state index in [1.54, 1.807) is 13.2 Å². The number of hydrogen-bond acceptors (Lipinski definition) is 2. The Kier molecular flexibility index (Phi) is 5.76. The maximum Gasteiger partial charge on any atom is 0.416 e. The number of thiol groups is 1. The largest absolute Gasteiger partial charge is 0.497 e. The Balaban J connectivity index is 0.000000191. The highest BCUT2D eigenvalue weighted by Gasteiger charge is 2.29. The summed E-state index contributed by atoms with van der Waals surface area (Å²) in [7, 11) is 1.65. The summed E-state index contributed by atoms with van der Waals surface area (Å²) in [6, 6.07) is 13.9. The van der Waals surface area contributed by atoms with Crippen LogP contribution in [0.25, 0.3) is 0 Å². The van der Waals surface area contributed by atoms with Crippen LogP contribution in [0.5, 0.6) is 5.75 Å². The topological polar surface area (TPSA) is 9.23 Å². The van der Waals surface area contributed by atoms with Crippen molar-refractivity contribution < 1.29 is 17.9 Å². The van der Waals surface area contributed by atoms with Crippen molar-refractivity contribution >= 4 is 12.6 Å². The standard InChI is InChI=1S/C7H5F3.C7H8OS/c8-7(9,10)6-4-2-1-3-5-6;1-8-6-2-4-7(9)5-3-6/h1-5H;2-5,9H,1H3. The first-order valence-corrected chi connectivity index (χ1v) is 5.83. The molecule has 0 unspecified atom stereocenters. The van der Waals surface area contributed by atoms with Crippen molar-refractivity contribution in [1.29, 1.82) is 0 Å². The van der Waals surface area contributed by atoms with E-state index in [1.165, 1.54) is 12.1 Å². The van der Waals surface area contributed by atoms with E-state index in [2.05, 4.69) is 12.6 Å². The minimum absolute atomic E-state index is 0.602. The highest BCUT2D eigenvalue weighted by Crippen LogP contribution is 2.28. The fourth-order valence-electron chi connectivity index (χ4n) is 1.21. The number of hydrogen-bond donors (Lipinski definition) is 1. The van der Waals surface area contributed by atoms with E-state index in [0.29, 0.717) is 0 Å². The van der Waals surface area contributed by atoms with Gasteiger partial charge in [0.25, 0.3) is 0 Å². The van der Waals surface area contributed by atoms with Gasteiger partial charge in [-0.1, -0.05) is 30.3 Å². The molecule has 0 aromatic heterocycles. The molecule has 0 spiro atoms. The van der Waals surface area contributed by atoms with Gasteiger partial charge in [-0.05, 0) is 24.3 Å². The fourth-order valence-corrected chi connectivity index (χ4v) is 1.36. The van der Waals surface area contributed by atoms with Crippen molar-refractivity contribution in [3.05, 3.63) is 60.2 Å². The summed E-state index contributed by atoms with van der Waals surface area (Å²) in [4.78, 5) is 0.954. The Labute approximate surface area is 115 Å². The summed E-state index contributed by atoms with van der Waals surface area (Å²) < 4.78 is 40.3. The van der Waals surface area contributed by atoms with Gasteiger partial charge in [0, 0.05) is 4.90 Å². The normalized spacial score (nSPS) is 10.4. The van der Waals surface area contributed by atoms with Gasteiger partial charge in [-0.15, -0.1) is 12.6 Å². The van der Waals surface area contributed by atoms with Gasteiger partial charge in [-0.2, -0.15) is 13.2 Å². The molecule has 0 atom stereocenters. The van der Waals surface area contributed by atoms with Crippen LogP contribution < -0.4 is 4.74 Å². The Morgan fingerprint density at radius 2 is 1.42 bits per heavy atom. The zero-order valence-electron chi connectivity index (χ0n) is 10.2. The van der Waals surface area contributed by atoms with Crippen molar-refractivity contribution in [2.75, 3.05) is 7.11 Å². The Bertz CT molecular complexity index is 480. The average molecular weight is 286 g/mol. The van der Waals surface area contributed by atoms with E-state index in [4.69, 9.17) is 4.74 Å². The molecule has 19 heavy (non-hydrogen) atoms. The Morgan fingerprint density at radius 1 is 0.895 bits per heavy atom. The van der Waals surface area contributed by atoms with Crippen LogP contribution in [0, 0.1) is 0 Å². The molecule has 0 saturated carbocycles. The highest BCUT2D eigenvalue weighted by molar-refractivity contribution is 7.80. The maximum atomic E-state index is 11.8. The molecule has 0 saturated heterocycles. The molecule has 0 radical (unpaired) electrons. The van der Waals surface area contributed by atoms with Crippen LogP contribution >= 0.6 is 12.6 Å². The number of halogens is 3. The molecule has 0 amide bonds. The van der Waals surface area contributed by atoms with Gasteiger partial charge in [-0.3, -0.25) is 0 Å². The van der Waals surface area contributed by atoms with Gasteiger partial charge >= 0.3 is 6.18 Å². The first kappa shape index (κ1) is 15.4. The minimum atomic E-state index is -4.21. The molecule has 0 fully saturated rings. The fraction of sp³-hybridized carbons (Fsp3) is 0.143. The number of ether oxygens (including phenoxy) is 1. The van der Waals surface area contributed by atoms with Crippen molar-refractivity contribution in [2.45, 2.75) is 11.1 Å². The summed E-state index contributed by atoms with van der Waals surface area (Å²) in [5, 5.41) is 0.